The quantitative estimate of drug-likeness (QED) is 0.0708. The van der Waals surface area contributed by atoms with Gasteiger partial charge in [-0.25, -0.2) is 15.0 Å². The van der Waals surface area contributed by atoms with E-state index in [9.17, 15) is 14.4 Å². The van der Waals surface area contributed by atoms with Gasteiger partial charge in [-0.15, -0.1) is 13.2 Å². The van der Waals surface area contributed by atoms with Gasteiger partial charge in [-0.3, -0.25) is 19.1 Å². The van der Waals surface area contributed by atoms with Gasteiger partial charge in [-0.05, 0) is 72.1 Å². The summed E-state index contributed by atoms with van der Waals surface area (Å²) in [7, 11) is 2.03. The third kappa shape index (κ3) is 7.17. The van der Waals surface area contributed by atoms with Crippen molar-refractivity contribution in [2.24, 2.45) is 5.41 Å². The molecule has 3 atom stereocenters. The summed E-state index contributed by atoms with van der Waals surface area (Å²) in [5.74, 6) is 0.184. The number of Topliss-reactive ketones (excluding diaryl/α,β-unsaturated/α-hetero) is 2. The Kier molecular flexibility index (Phi) is 10.0. The Balaban J connectivity index is 1.30. The van der Waals surface area contributed by atoms with E-state index in [1.807, 2.05) is 50.4 Å². The molecule has 3 aromatic heterocycles. The van der Waals surface area contributed by atoms with Crippen LogP contribution in [0.5, 0.6) is 0 Å². The summed E-state index contributed by atoms with van der Waals surface area (Å²) < 4.78 is 7.89. The van der Waals surface area contributed by atoms with Crippen LogP contribution < -0.4 is 0 Å². The average Bonchev–Trinajstić information content (AvgIpc) is 3.46. The first-order valence-electron chi connectivity index (χ1n) is 16.3. The number of aryl methyl sites for hydroxylation is 1. The molecule has 2 fully saturated rings. The molecule has 2 aliphatic rings. The van der Waals surface area contributed by atoms with Crippen LogP contribution in [0.3, 0.4) is 0 Å². The molecular formula is C37H40BrN7O4. The van der Waals surface area contributed by atoms with Crippen molar-refractivity contribution < 1.29 is 19.1 Å². The Morgan fingerprint density at radius 2 is 1.88 bits per heavy atom. The van der Waals surface area contributed by atoms with E-state index in [-0.39, 0.29) is 47.6 Å². The van der Waals surface area contributed by atoms with Gasteiger partial charge in [-0.1, -0.05) is 24.3 Å². The highest BCUT2D eigenvalue weighted by atomic mass is 79.9. The summed E-state index contributed by atoms with van der Waals surface area (Å²) >= 11 is 3.45. The molecule has 0 radical (unpaired) electrons. The number of pyridine rings is 1. The number of aromatic nitrogens is 5. The van der Waals surface area contributed by atoms with E-state index < -0.39 is 6.04 Å². The van der Waals surface area contributed by atoms with Crippen LogP contribution in [0.25, 0.3) is 22.0 Å². The highest BCUT2D eigenvalue weighted by Crippen LogP contribution is 2.60. The number of ketones is 2. The van der Waals surface area contributed by atoms with Crippen LogP contribution in [-0.4, -0.2) is 90.8 Å². The van der Waals surface area contributed by atoms with Crippen LogP contribution >= 0.6 is 15.9 Å². The molecule has 12 heteroatoms. The van der Waals surface area contributed by atoms with Crippen molar-refractivity contribution in [1.29, 1.82) is 0 Å². The van der Waals surface area contributed by atoms with E-state index in [0.29, 0.717) is 53.2 Å². The van der Waals surface area contributed by atoms with E-state index in [2.05, 4.69) is 54.0 Å². The summed E-state index contributed by atoms with van der Waals surface area (Å²) in [4.78, 5) is 58.5. The molecule has 49 heavy (non-hydrogen) atoms. The number of rotatable bonds is 15. The summed E-state index contributed by atoms with van der Waals surface area (Å²) in [5.41, 5.74) is 3.84. The predicted octanol–water partition coefficient (Wildman–Crippen LogP) is 5.15. The second-order valence-electron chi connectivity index (χ2n) is 13.1. The van der Waals surface area contributed by atoms with Gasteiger partial charge in [0.1, 0.15) is 22.7 Å². The number of likely N-dealkylation sites (tertiary alicyclic amines) is 1. The van der Waals surface area contributed by atoms with Crippen LogP contribution in [0.1, 0.15) is 47.3 Å². The number of benzene rings is 1. The number of amides is 1. The Morgan fingerprint density at radius 3 is 2.59 bits per heavy atom. The molecule has 4 aromatic rings. The Labute approximate surface area is 294 Å². The van der Waals surface area contributed by atoms with Gasteiger partial charge < -0.3 is 14.5 Å². The van der Waals surface area contributed by atoms with Crippen LogP contribution in [0, 0.1) is 12.3 Å². The van der Waals surface area contributed by atoms with E-state index in [4.69, 9.17) is 4.74 Å². The van der Waals surface area contributed by atoms with Crippen LogP contribution in [0.4, 0.5) is 0 Å². The number of carbonyl (C=O) groups excluding carboxylic acids is 3. The fourth-order valence-electron chi connectivity index (χ4n) is 7.13. The molecule has 6 rings (SSSR count). The molecule has 0 bridgehead atoms. The summed E-state index contributed by atoms with van der Waals surface area (Å²) in [6.45, 7) is 12.9. The van der Waals surface area contributed by atoms with Crippen LogP contribution in [-0.2, 0) is 33.9 Å². The number of fused-ring (bicyclic) bond motifs is 2. The summed E-state index contributed by atoms with van der Waals surface area (Å²) in [5, 5.41) is 5.26. The van der Waals surface area contributed by atoms with Gasteiger partial charge in [0.25, 0.3) is 0 Å². The first-order chi connectivity index (χ1) is 23.5. The second kappa shape index (κ2) is 14.2. The topological polar surface area (TPSA) is 123 Å². The molecule has 1 aromatic carbocycles. The van der Waals surface area contributed by atoms with Crippen molar-refractivity contribution in [2.45, 2.75) is 58.3 Å². The molecule has 0 N–H and O–H groups in total. The maximum atomic E-state index is 14.3. The lowest BCUT2D eigenvalue weighted by molar-refractivity contribution is -0.139. The maximum Gasteiger partial charge on any atom is 0.245 e. The molecule has 254 valence electrons. The van der Waals surface area contributed by atoms with E-state index in [1.165, 1.54) is 6.92 Å². The molecule has 0 spiro atoms. The van der Waals surface area contributed by atoms with Gasteiger partial charge in [-0.2, -0.15) is 5.10 Å². The van der Waals surface area contributed by atoms with Crippen molar-refractivity contribution in [3.8, 4) is 11.1 Å². The minimum absolute atomic E-state index is 0.0661. The van der Waals surface area contributed by atoms with Gasteiger partial charge in [0.2, 0.25) is 5.91 Å². The third-order valence-electron chi connectivity index (χ3n) is 9.46. The van der Waals surface area contributed by atoms with E-state index in [1.54, 1.807) is 28.1 Å². The molecule has 1 saturated heterocycles. The standard InChI is InChI=1S/C37H40BrN7O4/c1-6-12-43(5)22-37-16-31(32(47)15-29-26(21-49-13-7-2)9-11-34(38)41-29)45(33(37)17-37)35(48)20-44-30-10-8-25(27-18-39-24(4)40-19-27)14-28(30)36(42-44)23(3)46/h6-11,14,18-19,31,33H,1-2,12-13,15-17,20-22H2,3-5H3/t31-,33+,37-/m0/s1. The fraction of sp³-hybridized carbons (Fsp3) is 0.378. The average molecular weight is 727 g/mol. The molecule has 1 amide bonds. The number of ether oxygens (including phenoxy) is 1. The summed E-state index contributed by atoms with van der Waals surface area (Å²) in [6.07, 6.45) is 8.47. The number of carbonyl (C=O) groups is 3. The van der Waals surface area contributed by atoms with Gasteiger partial charge >= 0.3 is 0 Å². The predicted molar refractivity (Wildman–Crippen MR) is 190 cm³/mol. The molecule has 1 aliphatic carbocycles. The Morgan fingerprint density at radius 1 is 1.10 bits per heavy atom. The monoisotopic (exact) mass is 725 g/mol. The fourth-order valence-corrected chi connectivity index (χ4v) is 7.47. The van der Waals surface area contributed by atoms with Crippen molar-refractivity contribution in [3.05, 3.63) is 95.4 Å². The smallest absolute Gasteiger partial charge is 0.245 e. The third-order valence-corrected chi connectivity index (χ3v) is 9.90. The lowest BCUT2D eigenvalue weighted by atomic mass is 9.94. The number of piperidine rings is 1. The molecule has 4 heterocycles. The zero-order valence-corrected chi connectivity index (χ0v) is 29.6. The Bertz CT molecular complexity index is 1940. The number of hydrogen-bond acceptors (Lipinski definition) is 9. The highest BCUT2D eigenvalue weighted by Gasteiger charge is 2.66. The van der Waals surface area contributed by atoms with Crippen LogP contribution in [0.15, 0.2) is 72.6 Å². The van der Waals surface area contributed by atoms with Crippen molar-refractivity contribution in [1.82, 2.24) is 34.5 Å². The lowest BCUT2D eigenvalue weighted by Gasteiger charge is -2.27. The summed E-state index contributed by atoms with van der Waals surface area (Å²) in [6, 6.07) is 8.70. The SMILES string of the molecule is C=CCOCc1ccc(Br)nc1CC(=O)[C@@H]1C[C@@]2(CN(C)CC=C)C[C@H]2N1C(=O)Cn1nc(C(C)=O)c2cc(-c3cnc(C)nc3)ccc21. The van der Waals surface area contributed by atoms with E-state index >= 15 is 0 Å². The van der Waals surface area contributed by atoms with Gasteiger partial charge in [0.15, 0.2) is 11.6 Å². The number of halogens is 1. The minimum Gasteiger partial charge on any atom is -0.373 e. The number of likely N-dealkylation sites (N-methyl/N-ethyl adjacent to an activating group) is 1. The highest BCUT2D eigenvalue weighted by molar-refractivity contribution is 9.10. The zero-order chi connectivity index (χ0) is 34.9. The number of nitrogens with zero attached hydrogens (tertiary/aromatic N) is 7. The normalized spacial score (nSPS) is 19.7. The maximum absolute atomic E-state index is 14.3. The minimum atomic E-state index is -0.617. The van der Waals surface area contributed by atoms with Crippen molar-refractivity contribution >= 4 is 44.3 Å². The lowest BCUT2D eigenvalue weighted by Crippen LogP contribution is -2.45. The molecule has 0 unspecified atom stereocenters. The second-order valence-corrected chi connectivity index (χ2v) is 13.9. The van der Waals surface area contributed by atoms with Crippen molar-refractivity contribution in [2.75, 3.05) is 26.7 Å². The largest absolute Gasteiger partial charge is 0.373 e. The Hall–Kier alpha value is -4.39. The molecule has 1 saturated carbocycles. The molecular weight excluding hydrogens is 686 g/mol. The number of hydrogen-bond donors (Lipinski definition) is 0. The zero-order valence-electron chi connectivity index (χ0n) is 28.1. The van der Waals surface area contributed by atoms with E-state index in [0.717, 1.165) is 29.7 Å². The van der Waals surface area contributed by atoms with Crippen molar-refractivity contribution in [3.63, 3.8) is 0 Å². The first kappa shape index (κ1) is 34.5. The van der Waals surface area contributed by atoms with Gasteiger partial charge in [0, 0.05) is 54.8 Å². The first-order valence-corrected chi connectivity index (χ1v) is 17.1. The van der Waals surface area contributed by atoms with Crippen LogP contribution in [0.2, 0.25) is 0 Å². The molecule has 1 aliphatic heterocycles. The molecule has 11 nitrogen and oxygen atoms in total. The van der Waals surface area contributed by atoms with Gasteiger partial charge in [0.05, 0.1) is 36.9 Å².